The van der Waals surface area contributed by atoms with E-state index < -0.39 is 10.8 Å². The minimum absolute atomic E-state index is 0.0280. The van der Waals surface area contributed by atoms with Gasteiger partial charge in [-0.2, -0.15) is 0 Å². The first kappa shape index (κ1) is 14.7. The molecule has 1 saturated heterocycles. The summed E-state index contributed by atoms with van der Waals surface area (Å²) >= 11 is 5.79. The summed E-state index contributed by atoms with van der Waals surface area (Å²) in [4.78, 5) is 25.6. The average molecular weight is 299 g/mol. The molecule has 2 heterocycles. The number of carbonyl (C=O) groups excluding carboxylic acids is 1. The van der Waals surface area contributed by atoms with Gasteiger partial charge in [0.15, 0.2) is 0 Å². The van der Waals surface area contributed by atoms with E-state index in [2.05, 4.69) is 15.6 Å². The third-order valence-corrected chi connectivity index (χ3v) is 3.52. The number of halogens is 1. The Morgan fingerprint density at radius 3 is 3.10 bits per heavy atom. The van der Waals surface area contributed by atoms with Crippen molar-refractivity contribution in [2.24, 2.45) is 0 Å². The fraction of sp³-hybridized carbons (Fsp3) is 0.500. The van der Waals surface area contributed by atoms with Crippen LogP contribution in [-0.2, 0) is 0 Å². The van der Waals surface area contributed by atoms with Crippen LogP contribution in [0.25, 0.3) is 0 Å². The molecule has 0 radical (unpaired) electrons. The van der Waals surface area contributed by atoms with Crippen molar-refractivity contribution in [1.29, 1.82) is 0 Å². The van der Waals surface area contributed by atoms with E-state index in [9.17, 15) is 14.9 Å². The van der Waals surface area contributed by atoms with Gasteiger partial charge in [0.25, 0.3) is 11.6 Å². The van der Waals surface area contributed by atoms with Crippen LogP contribution in [0.3, 0.4) is 0 Å². The van der Waals surface area contributed by atoms with Gasteiger partial charge in [0, 0.05) is 18.7 Å². The van der Waals surface area contributed by atoms with Gasteiger partial charge in [0.1, 0.15) is 11.3 Å². The number of rotatable bonds is 5. The number of nitro groups is 1. The molecule has 1 aliphatic heterocycles. The highest BCUT2D eigenvalue weighted by atomic mass is 35.5. The molecule has 1 amide bonds. The number of nitrogens with zero attached hydrogens (tertiary/aromatic N) is 2. The van der Waals surface area contributed by atoms with Crippen molar-refractivity contribution in [3.63, 3.8) is 0 Å². The maximum Gasteiger partial charge on any atom is 0.288 e. The zero-order valence-electron chi connectivity index (χ0n) is 10.8. The molecule has 0 saturated carbocycles. The lowest BCUT2D eigenvalue weighted by molar-refractivity contribution is -0.385. The molecule has 7 nitrogen and oxygen atoms in total. The van der Waals surface area contributed by atoms with E-state index in [1.54, 1.807) is 0 Å². The van der Waals surface area contributed by atoms with Crippen molar-refractivity contribution < 1.29 is 9.72 Å². The van der Waals surface area contributed by atoms with E-state index in [1.165, 1.54) is 0 Å². The Kier molecular flexibility index (Phi) is 4.86. The molecule has 1 aromatic rings. The Morgan fingerprint density at radius 1 is 1.65 bits per heavy atom. The molecule has 2 N–H and O–H groups in total. The van der Waals surface area contributed by atoms with E-state index in [0.29, 0.717) is 12.6 Å². The molecule has 0 bridgehead atoms. The second-order valence-corrected chi connectivity index (χ2v) is 4.98. The van der Waals surface area contributed by atoms with E-state index >= 15 is 0 Å². The largest absolute Gasteiger partial charge is 0.352 e. The number of nitrogens with one attached hydrogen (secondary N) is 2. The molecule has 1 aliphatic rings. The topological polar surface area (TPSA) is 97.2 Å². The highest BCUT2D eigenvalue weighted by molar-refractivity contribution is 6.32. The molecule has 1 fully saturated rings. The third-order valence-electron chi connectivity index (χ3n) is 3.22. The quantitative estimate of drug-likeness (QED) is 0.488. The second-order valence-electron chi connectivity index (χ2n) is 4.63. The molecule has 108 valence electrons. The smallest absolute Gasteiger partial charge is 0.288 e. The summed E-state index contributed by atoms with van der Waals surface area (Å²) in [5.41, 5.74) is -0.225. The lowest BCUT2D eigenvalue weighted by Crippen LogP contribution is -2.30. The normalized spacial score (nSPS) is 17.9. The van der Waals surface area contributed by atoms with Gasteiger partial charge in [0.05, 0.1) is 10.5 Å². The zero-order chi connectivity index (χ0) is 14.5. The average Bonchev–Trinajstić information content (AvgIpc) is 2.92. The molecule has 2 rings (SSSR count). The lowest BCUT2D eigenvalue weighted by Gasteiger charge is -2.11. The van der Waals surface area contributed by atoms with Gasteiger partial charge < -0.3 is 10.6 Å². The third kappa shape index (κ3) is 3.64. The van der Waals surface area contributed by atoms with Crippen LogP contribution in [0, 0.1) is 10.1 Å². The van der Waals surface area contributed by atoms with Gasteiger partial charge in [-0.15, -0.1) is 0 Å². The molecule has 1 atom stereocenters. The first-order valence-corrected chi connectivity index (χ1v) is 6.77. The standard InChI is InChI=1S/C12H15ClN4O3/c13-11-10(6-9(7-16-11)17(19)20)12(18)15-5-3-8-2-1-4-14-8/h6-8,14H,1-5H2,(H,15,18). The number of hydrogen-bond acceptors (Lipinski definition) is 5. The minimum atomic E-state index is -0.609. The van der Waals surface area contributed by atoms with Gasteiger partial charge >= 0.3 is 0 Å². The molecule has 1 unspecified atom stereocenters. The number of carbonyl (C=O) groups is 1. The van der Waals surface area contributed by atoms with E-state index in [4.69, 9.17) is 11.6 Å². The first-order chi connectivity index (χ1) is 9.58. The summed E-state index contributed by atoms with van der Waals surface area (Å²) < 4.78 is 0. The van der Waals surface area contributed by atoms with Crippen LogP contribution < -0.4 is 10.6 Å². The molecule has 0 aliphatic carbocycles. The number of pyridine rings is 1. The zero-order valence-corrected chi connectivity index (χ0v) is 11.5. The minimum Gasteiger partial charge on any atom is -0.352 e. The Bertz CT molecular complexity index is 517. The van der Waals surface area contributed by atoms with Crippen molar-refractivity contribution in [2.45, 2.75) is 25.3 Å². The van der Waals surface area contributed by atoms with Crippen molar-refractivity contribution >= 4 is 23.2 Å². The van der Waals surface area contributed by atoms with E-state index in [0.717, 1.165) is 38.1 Å². The van der Waals surface area contributed by atoms with Crippen LogP contribution in [0.4, 0.5) is 5.69 Å². The van der Waals surface area contributed by atoms with Crippen molar-refractivity contribution in [2.75, 3.05) is 13.1 Å². The molecule has 0 spiro atoms. The van der Waals surface area contributed by atoms with Crippen LogP contribution in [0.2, 0.25) is 5.15 Å². The van der Waals surface area contributed by atoms with Crippen LogP contribution in [-0.4, -0.2) is 34.9 Å². The van der Waals surface area contributed by atoms with Crippen molar-refractivity contribution in [1.82, 2.24) is 15.6 Å². The monoisotopic (exact) mass is 298 g/mol. The number of aromatic nitrogens is 1. The van der Waals surface area contributed by atoms with Gasteiger partial charge in [-0.1, -0.05) is 11.6 Å². The maximum atomic E-state index is 11.9. The van der Waals surface area contributed by atoms with E-state index in [1.807, 2.05) is 0 Å². The van der Waals surface area contributed by atoms with Crippen molar-refractivity contribution in [3.8, 4) is 0 Å². The molecular formula is C12H15ClN4O3. The highest BCUT2D eigenvalue weighted by Crippen LogP contribution is 2.19. The Balaban J connectivity index is 1.94. The van der Waals surface area contributed by atoms with Crippen LogP contribution >= 0.6 is 11.6 Å². The van der Waals surface area contributed by atoms with Crippen LogP contribution in [0.1, 0.15) is 29.6 Å². The van der Waals surface area contributed by atoms with Gasteiger partial charge in [0.2, 0.25) is 0 Å². The SMILES string of the molecule is O=C(NCCC1CCCN1)c1cc([N+](=O)[O-])cnc1Cl. The lowest BCUT2D eigenvalue weighted by atomic mass is 10.1. The second kappa shape index (κ2) is 6.62. The van der Waals surface area contributed by atoms with Gasteiger partial charge in [-0.05, 0) is 25.8 Å². The van der Waals surface area contributed by atoms with Gasteiger partial charge in [-0.25, -0.2) is 4.98 Å². The molecule has 1 aromatic heterocycles. The van der Waals surface area contributed by atoms with Crippen molar-refractivity contribution in [3.05, 3.63) is 33.1 Å². The summed E-state index contributed by atoms with van der Waals surface area (Å²) in [7, 11) is 0. The van der Waals surface area contributed by atoms with E-state index in [-0.39, 0.29) is 16.4 Å². The predicted molar refractivity (Wildman–Crippen MR) is 73.9 cm³/mol. The maximum absolute atomic E-state index is 11.9. The fourth-order valence-corrected chi connectivity index (χ4v) is 2.34. The van der Waals surface area contributed by atoms with Crippen LogP contribution in [0.15, 0.2) is 12.3 Å². The molecular weight excluding hydrogens is 284 g/mol. The summed E-state index contributed by atoms with van der Waals surface area (Å²) in [6, 6.07) is 1.56. The summed E-state index contributed by atoms with van der Waals surface area (Å²) in [5.74, 6) is -0.441. The fourth-order valence-electron chi connectivity index (χ4n) is 2.15. The number of hydrogen-bond donors (Lipinski definition) is 2. The first-order valence-electron chi connectivity index (χ1n) is 6.39. The summed E-state index contributed by atoms with van der Waals surface area (Å²) in [6.45, 7) is 1.51. The predicted octanol–water partition coefficient (Wildman–Crippen LogP) is 1.52. The van der Waals surface area contributed by atoms with Crippen LogP contribution in [0.5, 0.6) is 0 Å². The molecule has 0 aromatic carbocycles. The highest BCUT2D eigenvalue weighted by Gasteiger charge is 2.18. The van der Waals surface area contributed by atoms with Gasteiger partial charge in [-0.3, -0.25) is 14.9 Å². The Hall–Kier alpha value is -1.73. The molecule has 8 heteroatoms. The summed E-state index contributed by atoms with van der Waals surface area (Å²) in [6.07, 6.45) is 4.11. The number of amides is 1. The Morgan fingerprint density at radius 2 is 2.45 bits per heavy atom. The molecule has 20 heavy (non-hydrogen) atoms. The summed E-state index contributed by atoms with van der Waals surface area (Å²) in [5, 5.41) is 16.7. The Labute approximate surface area is 120 Å².